The van der Waals surface area contributed by atoms with E-state index in [9.17, 15) is 13.2 Å². The van der Waals surface area contributed by atoms with E-state index in [2.05, 4.69) is 22.7 Å². The molecule has 0 radical (unpaired) electrons. The smallest absolute Gasteiger partial charge is 0.260 e. The van der Waals surface area contributed by atoms with Crippen molar-refractivity contribution in [1.29, 1.82) is 0 Å². The molecule has 31 heavy (non-hydrogen) atoms. The third kappa shape index (κ3) is 4.54. The fraction of sp³-hybridized carbons (Fsp3) is 0.182. The Hall–Kier alpha value is -2.61. The second-order valence-electron chi connectivity index (χ2n) is 7.31. The molecule has 1 N–H and O–H groups in total. The second kappa shape index (κ2) is 8.49. The Balaban J connectivity index is 1.53. The number of nitrogens with zero attached hydrogens (tertiary/aromatic N) is 2. The van der Waals surface area contributed by atoms with Crippen molar-refractivity contribution in [3.8, 4) is 0 Å². The molecule has 0 atom stereocenters. The lowest BCUT2D eigenvalue weighted by Crippen LogP contribution is -2.39. The Morgan fingerprint density at radius 3 is 2.61 bits per heavy atom. The number of hydrogen-bond acceptors (Lipinski definition) is 4. The van der Waals surface area contributed by atoms with Crippen LogP contribution < -0.4 is 9.73 Å². The minimum atomic E-state index is -3.78. The van der Waals surface area contributed by atoms with Crippen molar-refractivity contribution in [3.63, 3.8) is 0 Å². The Morgan fingerprint density at radius 2 is 1.87 bits per heavy atom. The van der Waals surface area contributed by atoms with Crippen LogP contribution in [-0.2, 0) is 27.7 Å². The van der Waals surface area contributed by atoms with Gasteiger partial charge in [0.05, 0.1) is 23.2 Å². The highest BCUT2D eigenvalue weighted by Gasteiger charge is 2.23. The predicted molar refractivity (Wildman–Crippen MR) is 126 cm³/mol. The van der Waals surface area contributed by atoms with E-state index in [-0.39, 0.29) is 10.7 Å². The zero-order valence-electron chi connectivity index (χ0n) is 16.6. The Morgan fingerprint density at radius 1 is 1.13 bits per heavy atom. The lowest BCUT2D eigenvalue weighted by molar-refractivity contribution is -0.119. The van der Waals surface area contributed by atoms with Gasteiger partial charge >= 0.3 is 0 Å². The molecule has 0 aliphatic heterocycles. The molecule has 3 aromatic carbocycles. The van der Waals surface area contributed by atoms with Gasteiger partial charge in [-0.3, -0.25) is 9.10 Å². The number of amides is 1. The zero-order chi connectivity index (χ0) is 22.2. The number of rotatable bonds is 6. The van der Waals surface area contributed by atoms with Gasteiger partial charge in [0.15, 0.2) is 0 Å². The summed E-state index contributed by atoms with van der Waals surface area (Å²) in [5.41, 5.74) is 6.03. The molecular formula is C22H19Cl2N3O3S. The van der Waals surface area contributed by atoms with Crippen molar-refractivity contribution in [3.05, 3.63) is 75.3 Å². The number of carbonyl (C=O) groups excluding carboxylic acids is 1. The highest BCUT2D eigenvalue weighted by atomic mass is 35.5. The molecule has 9 heteroatoms. The second-order valence-corrected chi connectivity index (χ2v) is 10.1. The van der Waals surface area contributed by atoms with Gasteiger partial charge in [0, 0.05) is 10.6 Å². The number of anilines is 1. The highest BCUT2D eigenvalue weighted by Crippen LogP contribution is 2.32. The van der Waals surface area contributed by atoms with Crippen LogP contribution >= 0.6 is 23.2 Å². The van der Waals surface area contributed by atoms with Crippen LogP contribution in [-0.4, -0.2) is 33.3 Å². The van der Waals surface area contributed by atoms with Crippen LogP contribution in [0.4, 0.5) is 5.69 Å². The van der Waals surface area contributed by atoms with Crippen LogP contribution in [0.15, 0.2) is 53.6 Å². The summed E-state index contributed by atoms with van der Waals surface area (Å²) in [6, 6.07) is 14.6. The summed E-state index contributed by atoms with van der Waals surface area (Å²) in [6.07, 6.45) is 4.61. The van der Waals surface area contributed by atoms with Crippen molar-refractivity contribution < 1.29 is 13.2 Å². The normalized spacial score (nSPS) is 13.1. The predicted octanol–water partition coefficient (Wildman–Crippen LogP) is 4.16. The summed E-state index contributed by atoms with van der Waals surface area (Å²) < 4.78 is 25.4. The lowest BCUT2D eigenvalue weighted by atomic mass is 10.0. The fourth-order valence-corrected chi connectivity index (χ4v) is 5.08. The van der Waals surface area contributed by atoms with E-state index >= 15 is 0 Å². The molecule has 1 aliphatic carbocycles. The van der Waals surface area contributed by atoms with E-state index in [4.69, 9.17) is 23.2 Å². The number of benzene rings is 3. The molecule has 0 saturated carbocycles. The van der Waals surface area contributed by atoms with Gasteiger partial charge in [0.2, 0.25) is 10.0 Å². The van der Waals surface area contributed by atoms with Gasteiger partial charge in [-0.15, -0.1) is 0 Å². The first-order valence-electron chi connectivity index (χ1n) is 9.52. The van der Waals surface area contributed by atoms with E-state index in [0.717, 1.165) is 34.4 Å². The summed E-state index contributed by atoms with van der Waals surface area (Å²) in [5, 5.41) is 6.83. The molecule has 0 heterocycles. The van der Waals surface area contributed by atoms with E-state index in [1.165, 1.54) is 34.7 Å². The monoisotopic (exact) mass is 475 g/mol. The molecule has 160 valence electrons. The summed E-state index contributed by atoms with van der Waals surface area (Å²) in [4.78, 5) is 12.4. The Labute approximate surface area is 190 Å². The van der Waals surface area contributed by atoms with Crippen LogP contribution in [0, 0.1) is 0 Å². The molecule has 3 aromatic rings. The third-order valence-corrected chi connectivity index (χ3v) is 6.85. The largest absolute Gasteiger partial charge is 0.271 e. The standard InChI is InChI=1S/C22H19Cl2N3O3S/c1-31(29,30)27(20-11-17(23)9-10-19(20)24)13-21(28)26-25-12-16-8-7-15-6-5-14-3-2-4-18(16)22(14)15/h2-4,7-12H,5-6,13H2,1H3,(H,26,28)/b25-12-. The first-order chi connectivity index (χ1) is 14.7. The first kappa shape index (κ1) is 21.6. The van der Waals surface area contributed by atoms with Gasteiger partial charge in [-0.25, -0.2) is 13.8 Å². The maximum Gasteiger partial charge on any atom is 0.260 e. The number of aryl methyl sites for hydroxylation is 2. The summed E-state index contributed by atoms with van der Waals surface area (Å²) in [7, 11) is -3.78. The lowest BCUT2D eigenvalue weighted by Gasteiger charge is -2.22. The van der Waals surface area contributed by atoms with Crippen LogP contribution in [0.25, 0.3) is 10.8 Å². The molecule has 1 aliphatic rings. The van der Waals surface area contributed by atoms with Gasteiger partial charge in [0.25, 0.3) is 5.91 Å². The number of hydrazone groups is 1. The summed E-state index contributed by atoms with van der Waals surface area (Å²) in [6.45, 7) is -0.486. The molecule has 0 aromatic heterocycles. The minimum absolute atomic E-state index is 0.128. The fourth-order valence-electron chi connectivity index (χ4n) is 3.78. The molecule has 0 unspecified atom stereocenters. The molecule has 6 nitrogen and oxygen atoms in total. The molecule has 0 bridgehead atoms. The maximum atomic E-state index is 12.4. The first-order valence-corrected chi connectivity index (χ1v) is 12.1. The molecule has 0 spiro atoms. The summed E-state index contributed by atoms with van der Waals surface area (Å²) in [5.74, 6) is -0.608. The SMILES string of the molecule is CS(=O)(=O)N(CC(=O)N/N=C\c1ccc2c3c(cccc13)CC2)c1cc(Cl)ccc1Cl. The number of sulfonamides is 1. The van der Waals surface area contributed by atoms with Gasteiger partial charge in [-0.05, 0) is 52.9 Å². The molecule has 0 saturated heterocycles. The highest BCUT2D eigenvalue weighted by molar-refractivity contribution is 7.92. The number of halogens is 2. The van der Waals surface area contributed by atoms with Gasteiger partial charge < -0.3 is 0 Å². The quantitative estimate of drug-likeness (QED) is 0.429. The average Bonchev–Trinajstić information content (AvgIpc) is 3.14. The Kier molecular flexibility index (Phi) is 5.92. The van der Waals surface area contributed by atoms with Crippen LogP contribution in [0.3, 0.4) is 0 Å². The van der Waals surface area contributed by atoms with Crippen molar-refractivity contribution in [2.45, 2.75) is 12.8 Å². The van der Waals surface area contributed by atoms with Crippen molar-refractivity contribution in [1.82, 2.24) is 5.43 Å². The molecule has 1 amide bonds. The number of nitrogens with one attached hydrogen (secondary N) is 1. The molecule has 4 rings (SSSR count). The Bertz CT molecular complexity index is 1310. The van der Waals surface area contributed by atoms with Crippen molar-refractivity contribution >= 4 is 61.8 Å². The van der Waals surface area contributed by atoms with Crippen LogP contribution in [0.1, 0.15) is 16.7 Å². The van der Waals surface area contributed by atoms with Gasteiger partial charge in [0.1, 0.15) is 6.54 Å². The van der Waals surface area contributed by atoms with E-state index < -0.39 is 22.5 Å². The third-order valence-electron chi connectivity index (χ3n) is 5.17. The van der Waals surface area contributed by atoms with Crippen LogP contribution in [0.5, 0.6) is 0 Å². The molecule has 0 fully saturated rings. The topological polar surface area (TPSA) is 78.8 Å². The zero-order valence-corrected chi connectivity index (χ0v) is 18.9. The number of carbonyl (C=O) groups is 1. The minimum Gasteiger partial charge on any atom is -0.271 e. The van der Waals surface area contributed by atoms with Gasteiger partial charge in [-0.1, -0.05) is 53.5 Å². The number of hydrogen-bond donors (Lipinski definition) is 1. The van der Waals surface area contributed by atoms with Crippen molar-refractivity contribution in [2.75, 3.05) is 17.1 Å². The van der Waals surface area contributed by atoms with E-state index in [0.29, 0.717) is 5.02 Å². The average molecular weight is 476 g/mol. The van der Waals surface area contributed by atoms with Gasteiger partial charge in [-0.2, -0.15) is 5.10 Å². The maximum absolute atomic E-state index is 12.4. The van der Waals surface area contributed by atoms with E-state index in [1.807, 2.05) is 18.2 Å². The van der Waals surface area contributed by atoms with Crippen molar-refractivity contribution in [2.24, 2.45) is 5.10 Å². The van der Waals surface area contributed by atoms with Crippen LogP contribution in [0.2, 0.25) is 10.0 Å². The summed E-state index contributed by atoms with van der Waals surface area (Å²) >= 11 is 12.1. The van der Waals surface area contributed by atoms with E-state index in [1.54, 1.807) is 6.21 Å². The molecular weight excluding hydrogens is 457 g/mol.